The Kier molecular flexibility index (Phi) is 8.18. The second-order valence-electron chi connectivity index (χ2n) is 1.64. The van der Waals surface area contributed by atoms with Crippen LogP contribution in [-0.4, -0.2) is 36.5 Å². The Morgan fingerprint density at radius 2 is 2.33 bits per heavy atom. The van der Waals surface area contributed by atoms with Crippen molar-refractivity contribution >= 4 is 9.76 Å². The average molecular weight is 146 g/mol. The van der Waals surface area contributed by atoms with Gasteiger partial charge in [-0.1, -0.05) is 0 Å². The van der Waals surface area contributed by atoms with Gasteiger partial charge in [-0.05, 0) is 12.6 Å². The summed E-state index contributed by atoms with van der Waals surface area (Å²) in [7, 11) is 2.35. The molecule has 2 radical (unpaired) electrons. The summed E-state index contributed by atoms with van der Waals surface area (Å²) in [5, 5.41) is 3.17. The van der Waals surface area contributed by atoms with E-state index in [-0.39, 0.29) is 0 Å². The van der Waals surface area contributed by atoms with E-state index >= 15 is 0 Å². The van der Waals surface area contributed by atoms with Crippen molar-refractivity contribution in [1.82, 2.24) is 5.32 Å². The highest BCUT2D eigenvalue weighted by Crippen LogP contribution is 1.73. The van der Waals surface area contributed by atoms with Crippen molar-refractivity contribution in [3.8, 4) is 0 Å². The van der Waals surface area contributed by atoms with Crippen molar-refractivity contribution in [1.29, 1.82) is 0 Å². The number of hydrogen-bond acceptors (Lipinski definition) is 3. The molecule has 0 aromatic rings. The third kappa shape index (κ3) is 8.10. The molecule has 3 nitrogen and oxygen atoms in total. The normalized spacial score (nSPS) is 10.0. The maximum atomic E-state index is 5.25. The summed E-state index contributed by atoms with van der Waals surface area (Å²) in [4.78, 5) is 0. The van der Waals surface area contributed by atoms with Crippen molar-refractivity contribution < 1.29 is 4.43 Å². The summed E-state index contributed by atoms with van der Waals surface area (Å²) in [5.74, 6) is 0. The molecule has 0 aliphatic carbocycles. The summed E-state index contributed by atoms with van der Waals surface area (Å²) in [6.07, 6.45) is 0. The smallest absolute Gasteiger partial charge is 0.230 e. The van der Waals surface area contributed by atoms with E-state index in [1.807, 2.05) is 0 Å². The van der Waals surface area contributed by atoms with E-state index in [1.54, 1.807) is 7.11 Å². The third-order valence-corrected chi connectivity index (χ3v) is 1.61. The van der Waals surface area contributed by atoms with Crippen LogP contribution in [0.2, 0.25) is 6.04 Å². The van der Waals surface area contributed by atoms with Crippen LogP contribution in [0.25, 0.3) is 0 Å². The topological polar surface area (TPSA) is 47.3 Å². The first-order valence-electron chi connectivity index (χ1n) is 3.08. The van der Waals surface area contributed by atoms with Gasteiger partial charge in [-0.25, -0.2) is 0 Å². The van der Waals surface area contributed by atoms with Crippen LogP contribution in [0.15, 0.2) is 0 Å². The van der Waals surface area contributed by atoms with E-state index in [1.165, 1.54) is 0 Å². The summed E-state index contributed by atoms with van der Waals surface area (Å²) in [5.41, 5.74) is 5.25. The Hall–Kier alpha value is 0.0969. The van der Waals surface area contributed by atoms with Crippen LogP contribution >= 0.6 is 0 Å². The lowest BCUT2D eigenvalue weighted by atomic mass is 10.6. The Morgan fingerprint density at radius 3 is 2.89 bits per heavy atom. The van der Waals surface area contributed by atoms with E-state index in [0.717, 1.165) is 25.7 Å². The van der Waals surface area contributed by atoms with Crippen LogP contribution in [0.1, 0.15) is 0 Å². The standard InChI is InChI=1S/C5H14N2OSi/c1-8-9-5-4-7-3-2-6/h7H,2-6H2,1H3. The first kappa shape index (κ1) is 9.10. The van der Waals surface area contributed by atoms with E-state index in [0.29, 0.717) is 9.76 Å². The minimum absolute atomic E-state index is 0.623. The number of hydrogen-bond donors (Lipinski definition) is 2. The lowest BCUT2D eigenvalue weighted by Crippen LogP contribution is -2.24. The highest BCUT2D eigenvalue weighted by atomic mass is 28.2. The molecule has 0 aromatic carbocycles. The van der Waals surface area contributed by atoms with Gasteiger partial charge in [0.2, 0.25) is 9.76 Å². The minimum atomic E-state index is 0.623. The first-order chi connectivity index (χ1) is 4.41. The van der Waals surface area contributed by atoms with Crippen molar-refractivity contribution in [2.45, 2.75) is 6.04 Å². The predicted octanol–water partition coefficient (Wildman–Crippen LogP) is -0.781. The van der Waals surface area contributed by atoms with Gasteiger partial charge in [0.05, 0.1) is 0 Å². The first-order valence-corrected chi connectivity index (χ1v) is 4.20. The molecule has 0 bridgehead atoms. The number of nitrogens with one attached hydrogen (secondary N) is 1. The van der Waals surface area contributed by atoms with Crippen LogP contribution in [-0.2, 0) is 4.43 Å². The van der Waals surface area contributed by atoms with Gasteiger partial charge >= 0.3 is 0 Å². The zero-order valence-corrected chi connectivity index (χ0v) is 6.81. The van der Waals surface area contributed by atoms with Gasteiger partial charge in [0.1, 0.15) is 0 Å². The van der Waals surface area contributed by atoms with E-state index in [4.69, 9.17) is 10.2 Å². The van der Waals surface area contributed by atoms with Gasteiger partial charge in [0.25, 0.3) is 0 Å². The third-order valence-electron chi connectivity index (χ3n) is 0.869. The van der Waals surface area contributed by atoms with Gasteiger partial charge < -0.3 is 15.5 Å². The maximum Gasteiger partial charge on any atom is 0.230 e. The second kappa shape index (κ2) is 8.10. The largest absolute Gasteiger partial charge is 0.421 e. The Morgan fingerprint density at radius 1 is 1.56 bits per heavy atom. The van der Waals surface area contributed by atoms with Crippen LogP contribution in [0.3, 0.4) is 0 Å². The van der Waals surface area contributed by atoms with Crippen molar-refractivity contribution in [2.75, 3.05) is 26.7 Å². The molecule has 0 unspecified atom stereocenters. The molecule has 9 heavy (non-hydrogen) atoms. The molecule has 54 valence electrons. The lowest BCUT2D eigenvalue weighted by molar-refractivity contribution is 0.439. The summed E-state index contributed by atoms with van der Waals surface area (Å²) < 4.78 is 4.88. The van der Waals surface area contributed by atoms with E-state index in [9.17, 15) is 0 Å². The quantitative estimate of drug-likeness (QED) is 0.382. The predicted molar refractivity (Wildman–Crippen MR) is 39.5 cm³/mol. The lowest BCUT2D eigenvalue weighted by Gasteiger charge is -1.98. The molecule has 0 aliphatic heterocycles. The molecule has 0 fully saturated rings. The van der Waals surface area contributed by atoms with Crippen molar-refractivity contribution in [2.24, 2.45) is 5.73 Å². The average Bonchev–Trinajstić information content (AvgIpc) is 1.89. The SMILES string of the molecule is CO[Si]CCNCCN. The molecule has 0 saturated carbocycles. The van der Waals surface area contributed by atoms with Gasteiger partial charge in [-0.3, -0.25) is 0 Å². The second-order valence-corrected chi connectivity index (χ2v) is 2.83. The van der Waals surface area contributed by atoms with Crippen LogP contribution in [0.5, 0.6) is 0 Å². The number of rotatable bonds is 6. The van der Waals surface area contributed by atoms with E-state index in [2.05, 4.69) is 5.32 Å². The Bertz CT molecular complexity index is 48.2. The molecule has 0 heterocycles. The molecular weight excluding hydrogens is 132 g/mol. The molecular formula is C5H14N2OSi. The van der Waals surface area contributed by atoms with Crippen LogP contribution in [0.4, 0.5) is 0 Å². The van der Waals surface area contributed by atoms with Crippen molar-refractivity contribution in [3.63, 3.8) is 0 Å². The molecule has 0 aliphatic rings. The molecule has 0 atom stereocenters. The van der Waals surface area contributed by atoms with Gasteiger partial charge in [0, 0.05) is 20.2 Å². The fourth-order valence-corrected chi connectivity index (χ4v) is 0.952. The van der Waals surface area contributed by atoms with Crippen molar-refractivity contribution in [3.05, 3.63) is 0 Å². The zero-order valence-electron chi connectivity index (χ0n) is 5.81. The minimum Gasteiger partial charge on any atom is -0.421 e. The Labute approximate surface area is 58.9 Å². The van der Waals surface area contributed by atoms with E-state index < -0.39 is 0 Å². The monoisotopic (exact) mass is 146 g/mol. The highest BCUT2D eigenvalue weighted by Gasteiger charge is 1.86. The van der Waals surface area contributed by atoms with Gasteiger partial charge in [0.15, 0.2) is 0 Å². The molecule has 0 spiro atoms. The molecule has 0 aromatic heterocycles. The molecule has 4 heteroatoms. The number of nitrogens with two attached hydrogens (primary N) is 1. The van der Waals surface area contributed by atoms with Crippen LogP contribution in [0, 0.1) is 0 Å². The van der Waals surface area contributed by atoms with Gasteiger partial charge in [-0.15, -0.1) is 0 Å². The molecule has 3 N–H and O–H groups in total. The van der Waals surface area contributed by atoms with Crippen LogP contribution < -0.4 is 11.1 Å². The van der Waals surface area contributed by atoms with Gasteiger partial charge in [-0.2, -0.15) is 0 Å². The fraction of sp³-hybridized carbons (Fsp3) is 1.00. The summed E-state index contributed by atoms with van der Waals surface area (Å²) in [6.45, 7) is 2.65. The molecule has 0 saturated heterocycles. The zero-order chi connectivity index (χ0) is 6.95. The maximum absolute atomic E-state index is 5.25. The summed E-state index contributed by atoms with van der Waals surface area (Å²) >= 11 is 0. The molecule has 0 amide bonds. The molecule has 0 rings (SSSR count). The fourth-order valence-electron chi connectivity index (χ4n) is 0.469. The Balaban J connectivity index is 2.60. The highest BCUT2D eigenvalue weighted by molar-refractivity contribution is 6.27. The summed E-state index contributed by atoms with van der Waals surface area (Å²) in [6, 6.07) is 1.09.